The topological polar surface area (TPSA) is 20.3 Å². The van der Waals surface area contributed by atoms with E-state index in [0.29, 0.717) is 0 Å². The van der Waals surface area contributed by atoms with Crippen molar-refractivity contribution in [3.8, 4) is 0 Å². The molecule has 1 aromatic carbocycles. The van der Waals surface area contributed by atoms with Crippen LogP contribution in [0.4, 0.5) is 0 Å². The van der Waals surface area contributed by atoms with Crippen molar-refractivity contribution in [3.63, 3.8) is 0 Å². The van der Waals surface area contributed by atoms with E-state index in [2.05, 4.69) is 13.8 Å². The lowest BCUT2D eigenvalue weighted by Gasteiger charge is -2.20. The van der Waals surface area contributed by atoms with Gasteiger partial charge in [0.15, 0.2) is 0 Å². The maximum atomic E-state index is 12.2. The van der Waals surface area contributed by atoms with Crippen molar-refractivity contribution in [2.75, 3.05) is 13.1 Å². The van der Waals surface area contributed by atoms with E-state index < -0.39 is 0 Å². The summed E-state index contributed by atoms with van der Waals surface area (Å²) in [5, 5.41) is 0. The molecule has 1 rings (SSSR count). The number of hydrogen-bond acceptors (Lipinski definition) is 1. The van der Waals surface area contributed by atoms with E-state index in [9.17, 15) is 4.79 Å². The van der Waals surface area contributed by atoms with E-state index in [1.165, 1.54) is 0 Å². The molecule has 1 amide bonds. The normalized spacial score (nSPS) is 10.8. The summed E-state index contributed by atoms with van der Waals surface area (Å²) in [5.41, 5.74) is 1.07. The predicted octanol–water partition coefficient (Wildman–Crippen LogP) is 4.13. The van der Waals surface area contributed by atoms with E-state index in [1.54, 1.807) is 6.08 Å². The Hall–Kier alpha value is -1.57. The lowest BCUT2D eigenvalue weighted by Crippen LogP contribution is -2.31. The van der Waals surface area contributed by atoms with Crippen LogP contribution in [-0.2, 0) is 4.79 Å². The van der Waals surface area contributed by atoms with Gasteiger partial charge in [0.25, 0.3) is 0 Å². The van der Waals surface area contributed by atoms with Crippen LogP contribution in [0.1, 0.15) is 45.1 Å². The molecule has 0 aliphatic carbocycles. The monoisotopic (exact) mass is 259 g/mol. The molecule has 2 heteroatoms. The molecule has 19 heavy (non-hydrogen) atoms. The van der Waals surface area contributed by atoms with Crippen LogP contribution in [0.2, 0.25) is 0 Å². The van der Waals surface area contributed by atoms with Gasteiger partial charge < -0.3 is 4.90 Å². The molecule has 0 fully saturated rings. The Balaban J connectivity index is 2.57. The first-order valence-electron chi connectivity index (χ1n) is 7.30. The van der Waals surface area contributed by atoms with Crippen molar-refractivity contribution in [1.82, 2.24) is 4.90 Å². The minimum atomic E-state index is 0.130. The lowest BCUT2D eigenvalue weighted by atomic mass is 10.2. The van der Waals surface area contributed by atoms with E-state index in [-0.39, 0.29) is 5.91 Å². The zero-order valence-electron chi connectivity index (χ0n) is 12.1. The molecule has 0 aliphatic rings. The number of amides is 1. The Kier molecular flexibility index (Phi) is 7.64. The third-order valence-electron chi connectivity index (χ3n) is 3.09. The second kappa shape index (κ2) is 9.37. The van der Waals surface area contributed by atoms with Crippen LogP contribution >= 0.6 is 0 Å². The number of carbonyl (C=O) groups excluding carboxylic acids is 1. The zero-order valence-corrected chi connectivity index (χ0v) is 12.1. The van der Waals surface area contributed by atoms with Crippen LogP contribution in [0.15, 0.2) is 36.4 Å². The van der Waals surface area contributed by atoms with Gasteiger partial charge in [0.05, 0.1) is 0 Å². The predicted molar refractivity (Wildman–Crippen MR) is 81.9 cm³/mol. The summed E-state index contributed by atoms with van der Waals surface area (Å²) in [5.74, 6) is 0.130. The third-order valence-corrected chi connectivity index (χ3v) is 3.09. The standard InChI is InChI=1S/C17H25NO/c1-3-5-14-18(15-6-4-2)17(19)13-12-16-10-8-7-9-11-16/h7-13H,3-6,14-15H2,1-2H3. The highest BCUT2D eigenvalue weighted by Gasteiger charge is 2.08. The van der Waals surface area contributed by atoms with Gasteiger partial charge in [-0.2, -0.15) is 0 Å². The van der Waals surface area contributed by atoms with Crippen LogP contribution in [0, 0.1) is 0 Å². The molecule has 0 radical (unpaired) electrons. The van der Waals surface area contributed by atoms with Crippen molar-refractivity contribution >= 4 is 12.0 Å². The average molecular weight is 259 g/mol. The first-order valence-corrected chi connectivity index (χ1v) is 7.30. The minimum absolute atomic E-state index is 0.130. The molecule has 0 saturated carbocycles. The van der Waals surface area contributed by atoms with Crippen molar-refractivity contribution in [2.24, 2.45) is 0 Å². The maximum Gasteiger partial charge on any atom is 0.246 e. The Bertz CT molecular complexity index is 376. The van der Waals surface area contributed by atoms with E-state index in [1.807, 2.05) is 41.3 Å². The van der Waals surface area contributed by atoms with E-state index in [4.69, 9.17) is 0 Å². The Morgan fingerprint density at radius 3 is 2.16 bits per heavy atom. The smallest absolute Gasteiger partial charge is 0.246 e. The zero-order chi connectivity index (χ0) is 13.9. The molecule has 104 valence electrons. The summed E-state index contributed by atoms with van der Waals surface area (Å²) in [7, 11) is 0. The van der Waals surface area contributed by atoms with Crippen molar-refractivity contribution < 1.29 is 4.79 Å². The molecule has 0 aliphatic heterocycles. The molecule has 0 heterocycles. The summed E-state index contributed by atoms with van der Waals surface area (Å²) in [4.78, 5) is 14.1. The lowest BCUT2D eigenvalue weighted by molar-refractivity contribution is -0.126. The van der Waals surface area contributed by atoms with Crippen molar-refractivity contribution in [2.45, 2.75) is 39.5 Å². The Morgan fingerprint density at radius 1 is 1.05 bits per heavy atom. The molecule has 0 unspecified atom stereocenters. The fourth-order valence-corrected chi connectivity index (χ4v) is 1.87. The second-order valence-electron chi connectivity index (χ2n) is 4.78. The summed E-state index contributed by atoms with van der Waals surface area (Å²) in [6.07, 6.45) is 7.99. The largest absolute Gasteiger partial charge is 0.339 e. The number of unbranched alkanes of at least 4 members (excludes halogenated alkanes) is 2. The van der Waals surface area contributed by atoms with Gasteiger partial charge in [0.2, 0.25) is 5.91 Å². The minimum Gasteiger partial charge on any atom is -0.339 e. The average Bonchev–Trinajstić information content (AvgIpc) is 2.46. The first-order chi connectivity index (χ1) is 9.27. The van der Waals surface area contributed by atoms with Crippen LogP contribution < -0.4 is 0 Å². The first kappa shape index (κ1) is 15.5. The number of benzene rings is 1. The van der Waals surface area contributed by atoms with Crippen LogP contribution in [0.3, 0.4) is 0 Å². The Labute approximate surface area is 117 Å². The number of carbonyl (C=O) groups is 1. The molecule has 0 saturated heterocycles. The molecule has 2 nitrogen and oxygen atoms in total. The van der Waals surface area contributed by atoms with Gasteiger partial charge in [-0.05, 0) is 24.5 Å². The fraction of sp³-hybridized carbons (Fsp3) is 0.471. The van der Waals surface area contributed by atoms with Gasteiger partial charge in [-0.3, -0.25) is 4.79 Å². The van der Waals surface area contributed by atoms with Gasteiger partial charge >= 0.3 is 0 Å². The second-order valence-corrected chi connectivity index (χ2v) is 4.78. The molecular formula is C17H25NO. The molecule has 0 spiro atoms. The van der Waals surface area contributed by atoms with Gasteiger partial charge in [-0.25, -0.2) is 0 Å². The highest BCUT2D eigenvalue weighted by atomic mass is 16.2. The van der Waals surface area contributed by atoms with Crippen LogP contribution in [0.25, 0.3) is 6.08 Å². The Morgan fingerprint density at radius 2 is 1.63 bits per heavy atom. The van der Waals surface area contributed by atoms with Gasteiger partial charge in [-0.1, -0.05) is 57.0 Å². The fourth-order valence-electron chi connectivity index (χ4n) is 1.87. The van der Waals surface area contributed by atoms with Crippen LogP contribution in [-0.4, -0.2) is 23.9 Å². The summed E-state index contributed by atoms with van der Waals surface area (Å²) in [6, 6.07) is 9.96. The number of nitrogens with zero attached hydrogens (tertiary/aromatic N) is 1. The molecular weight excluding hydrogens is 234 g/mol. The van der Waals surface area contributed by atoms with Crippen molar-refractivity contribution in [3.05, 3.63) is 42.0 Å². The summed E-state index contributed by atoms with van der Waals surface area (Å²) >= 11 is 0. The highest BCUT2D eigenvalue weighted by Crippen LogP contribution is 2.04. The highest BCUT2D eigenvalue weighted by molar-refractivity contribution is 5.91. The third kappa shape index (κ3) is 6.23. The van der Waals surface area contributed by atoms with E-state index in [0.717, 1.165) is 44.3 Å². The molecule has 0 bridgehead atoms. The molecule has 0 N–H and O–H groups in total. The van der Waals surface area contributed by atoms with Gasteiger partial charge in [0, 0.05) is 19.2 Å². The maximum absolute atomic E-state index is 12.2. The molecule has 0 aromatic heterocycles. The molecule has 0 atom stereocenters. The summed E-state index contributed by atoms with van der Waals surface area (Å²) < 4.78 is 0. The van der Waals surface area contributed by atoms with Gasteiger partial charge in [0.1, 0.15) is 0 Å². The van der Waals surface area contributed by atoms with Crippen molar-refractivity contribution in [1.29, 1.82) is 0 Å². The SMILES string of the molecule is CCCCN(CCCC)C(=O)C=Cc1ccccc1. The number of hydrogen-bond donors (Lipinski definition) is 0. The number of rotatable bonds is 8. The van der Waals surface area contributed by atoms with E-state index >= 15 is 0 Å². The summed E-state index contributed by atoms with van der Waals surface area (Å²) in [6.45, 7) is 6.05. The van der Waals surface area contributed by atoms with Gasteiger partial charge in [-0.15, -0.1) is 0 Å². The van der Waals surface area contributed by atoms with Crippen LogP contribution in [0.5, 0.6) is 0 Å². The molecule has 1 aromatic rings. The quantitative estimate of drug-likeness (QED) is 0.643.